The minimum absolute atomic E-state index is 1.08. The molecule has 0 radical (unpaired) electrons. The van der Waals surface area contributed by atoms with Crippen LogP contribution < -0.4 is 5.32 Å². The molecule has 7 aromatic rings. The topological polar surface area (TPSA) is 27.8 Å². The summed E-state index contributed by atoms with van der Waals surface area (Å²) >= 11 is 0. The second-order valence-corrected chi connectivity index (χ2v) is 10.1. The van der Waals surface area contributed by atoms with E-state index in [0.717, 1.165) is 11.4 Å². The molecule has 0 saturated heterocycles. The fourth-order valence-electron chi connectivity index (χ4n) is 5.53. The van der Waals surface area contributed by atoms with Crippen LogP contribution in [0.5, 0.6) is 0 Å². The average molecular weight is 501 g/mol. The summed E-state index contributed by atoms with van der Waals surface area (Å²) in [7, 11) is 0. The van der Waals surface area contributed by atoms with Gasteiger partial charge >= 0.3 is 0 Å². The van der Waals surface area contributed by atoms with Crippen LogP contribution >= 0.6 is 0 Å². The molecule has 0 amide bonds. The molecule has 186 valence electrons. The van der Waals surface area contributed by atoms with Crippen LogP contribution in [-0.4, -0.2) is 4.98 Å². The van der Waals surface area contributed by atoms with Gasteiger partial charge in [-0.15, -0.1) is 0 Å². The van der Waals surface area contributed by atoms with Crippen molar-refractivity contribution in [3.8, 4) is 33.4 Å². The zero-order chi connectivity index (χ0) is 26.2. The number of benzene rings is 6. The van der Waals surface area contributed by atoms with Gasteiger partial charge in [-0.3, -0.25) is 0 Å². The Hall–Kier alpha value is -5.08. The zero-order valence-electron chi connectivity index (χ0n) is 21.8. The van der Waals surface area contributed by atoms with Crippen LogP contribution in [0.3, 0.4) is 0 Å². The van der Waals surface area contributed by atoms with Crippen molar-refractivity contribution in [3.63, 3.8) is 0 Å². The number of nitrogens with one attached hydrogen (secondary N) is 2. The highest BCUT2D eigenvalue weighted by molar-refractivity contribution is 6.08. The van der Waals surface area contributed by atoms with Crippen molar-refractivity contribution in [2.75, 3.05) is 5.32 Å². The molecule has 0 spiro atoms. The Morgan fingerprint density at radius 1 is 0.462 bits per heavy atom. The molecule has 0 aliphatic carbocycles. The molecule has 2 heteroatoms. The number of aromatic amines is 1. The third-order valence-corrected chi connectivity index (χ3v) is 7.40. The third-order valence-electron chi connectivity index (χ3n) is 7.40. The van der Waals surface area contributed by atoms with E-state index in [2.05, 4.69) is 151 Å². The minimum atomic E-state index is 1.08. The van der Waals surface area contributed by atoms with Gasteiger partial charge in [0.1, 0.15) is 0 Å². The lowest BCUT2D eigenvalue weighted by atomic mass is 9.93. The molecule has 0 aliphatic rings. The summed E-state index contributed by atoms with van der Waals surface area (Å²) in [6, 6.07) is 49.8. The molecule has 7 rings (SSSR count). The molecule has 2 nitrogen and oxygen atoms in total. The van der Waals surface area contributed by atoms with Crippen LogP contribution in [0.4, 0.5) is 11.4 Å². The van der Waals surface area contributed by atoms with Gasteiger partial charge in [0.05, 0.1) is 0 Å². The van der Waals surface area contributed by atoms with E-state index in [1.807, 2.05) is 6.07 Å². The highest BCUT2D eigenvalue weighted by atomic mass is 14.9. The van der Waals surface area contributed by atoms with Gasteiger partial charge < -0.3 is 10.3 Å². The summed E-state index contributed by atoms with van der Waals surface area (Å²) in [5, 5.41) is 6.11. The van der Waals surface area contributed by atoms with E-state index >= 15 is 0 Å². The number of rotatable bonds is 5. The van der Waals surface area contributed by atoms with Crippen molar-refractivity contribution >= 4 is 33.2 Å². The lowest BCUT2D eigenvalue weighted by Gasteiger charge is -2.14. The van der Waals surface area contributed by atoms with Gasteiger partial charge in [-0.25, -0.2) is 0 Å². The van der Waals surface area contributed by atoms with Gasteiger partial charge in [0.2, 0.25) is 0 Å². The Labute approximate surface area is 228 Å². The molecule has 1 aromatic heterocycles. The van der Waals surface area contributed by atoms with Crippen LogP contribution in [0.1, 0.15) is 5.56 Å². The molecule has 0 bridgehead atoms. The Balaban J connectivity index is 1.28. The predicted octanol–water partition coefficient (Wildman–Crippen LogP) is 10.4. The SMILES string of the molecule is Cc1cc(-c2cccc(-c3ccccc3Nc3ccccc3)c2)cc(-c2ccc3[nH]c4ccccc4c3c2)c1. The fraction of sp³-hybridized carbons (Fsp3) is 0.0270. The van der Waals surface area contributed by atoms with Crippen LogP contribution in [0.15, 0.2) is 140 Å². The molecule has 0 saturated carbocycles. The first-order valence-electron chi connectivity index (χ1n) is 13.4. The van der Waals surface area contributed by atoms with Gasteiger partial charge in [-0.2, -0.15) is 0 Å². The lowest BCUT2D eigenvalue weighted by Crippen LogP contribution is -1.93. The molecule has 39 heavy (non-hydrogen) atoms. The number of para-hydroxylation sites is 3. The maximum Gasteiger partial charge on any atom is 0.0465 e. The number of aromatic nitrogens is 1. The molecular formula is C37H28N2. The maximum atomic E-state index is 3.59. The molecule has 0 unspecified atom stereocenters. The molecule has 0 aliphatic heterocycles. The van der Waals surface area contributed by atoms with Crippen molar-refractivity contribution in [1.82, 2.24) is 4.98 Å². The normalized spacial score (nSPS) is 11.2. The Morgan fingerprint density at radius 2 is 1.13 bits per heavy atom. The van der Waals surface area contributed by atoms with Crippen LogP contribution in [-0.2, 0) is 0 Å². The first-order valence-corrected chi connectivity index (χ1v) is 13.4. The maximum absolute atomic E-state index is 3.59. The first-order chi connectivity index (χ1) is 19.2. The van der Waals surface area contributed by atoms with Gasteiger partial charge in [-0.05, 0) is 88.8 Å². The third kappa shape index (κ3) is 4.47. The van der Waals surface area contributed by atoms with E-state index in [0.29, 0.717) is 0 Å². The summed E-state index contributed by atoms with van der Waals surface area (Å²) in [6.45, 7) is 2.18. The van der Waals surface area contributed by atoms with E-state index in [1.165, 1.54) is 60.8 Å². The lowest BCUT2D eigenvalue weighted by molar-refractivity contribution is 1.46. The molecule has 6 aromatic carbocycles. The number of anilines is 2. The fourth-order valence-corrected chi connectivity index (χ4v) is 5.53. The summed E-state index contributed by atoms with van der Waals surface area (Å²) in [5.74, 6) is 0. The van der Waals surface area contributed by atoms with Gasteiger partial charge in [0.15, 0.2) is 0 Å². The summed E-state index contributed by atoms with van der Waals surface area (Å²) in [6.07, 6.45) is 0. The molecule has 0 atom stereocenters. The van der Waals surface area contributed by atoms with Crippen molar-refractivity contribution in [2.24, 2.45) is 0 Å². The smallest absolute Gasteiger partial charge is 0.0465 e. The van der Waals surface area contributed by atoms with E-state index in [1.54, 1.807) is 0 Å². The largest absolute Gasteiger partial charge is 0.355 e. The summed E-state index contributed by atoms with van der Waals surface area (Å²) in [4.78, 5) is 3.54. The second kappa shape index (κ2) is 9.66. The van der Waals surface area contributed by atoms with Gasteiger partial charge in [0, 0.05) is 38.7 Å². The average Bonchev–Trinajstić information content (AvgIpc) is 3.36. The highest BCUT2D eigenvalue weighted by Gasteiger charge is 2.10. The monoisotopic (exact) mass is 500 g/mol. The number of H-pyrrole nitrogens is 1. The molecule has 2 N–H and O–H groups in total. The Kier molecular flexibility index (Phi) is 5.71. The number of fused-ring (bicyclic) bond motifs is 3. The van der Waals surface area contributed by atoms with Crippen molar-refractivity contribution in [1.29, 1.82) is 0 Å². The number of hydrogen-bond acceptors (Lipinski definition) is 1. The minimum Gasteiger partial charge on any atom is -0.355 e. The first kappa shape index (κ1) is 23.1. The molecular weight excluding hydrogens is 472 g/mol. The summed E-state index contributed by atoms with van der Waals surface area (Å²) < 4.78 is 0. The Bertz CT molecular complexity index is 1950. The predicted molar refractivity (Wildman–Crippen MR) is 167 cm³/mol. The van der Waals surface area contributed by atoms with Gasteiger partial charge in [-0.1, -0.05) is 91.0 Å². The molecule has 0 fully saturated rings. The quantitative estimate of drug-likeness (QED) is 0.242. The van der Waals surface area contributed by atoms with Crippen molar-refractivity contribution in [2.45, 2.75) is 6.92 Å². The van der Waals surface area contributed by atoms with Crippen molar-refractivity contribution < 1.29 is 0 Å². The van der Waals surface area contributed by atoms with Crippen LogP contribution in [0.25, 0.3) is 55.2 Å². The number of aryl methyl sites for hydroxylation is 1. The molecule has 1 heterocycles. The highest BCUT2D eigenvalue weighted by Crippen LogP contribution is 2.36. The van der Waals surface area contributed by atoms with Crippen molar-refractivity contribution in [3.05, 3.63) is 145 Å². The van der Waals surface area contributed by atoms with E-state index in [-0.39, 0.29) is 0 Å². The van der Waals surface area contributed by atoms with E-state index in [4.69, 9.17) is 0 Å². The standard InChI is InChI=1S/C37H28N2/c1-25-20-29(23-30(21-25)27-18-19-37-34(24-27)33-15-6-8-17-36(33)39-37)26-10-9-11-28(22-26)32-14-5-7-16-35(32)38-31-12-3-2-4-13-31/h2-24,38-39H,1H3. The van der Waals surface area contributed by atoms with Crippen LogP contribution in [0, 0.1) is 6.92 Å². The van der Waals surface area contributed by atoms with E-state index < -0.39 is 0 Å². The summed E-state index contributed by atoms with van der Waals surface area (Å²) in [5.41, 5.74) is 13.0. The second-order valence-electron chi connectivity index (χ2n) is 10.1. The van der Waals surface area contributed by atoms with Crippen LogP contribution in [0.2, 0.25) is 0 Å². The zero-order valence-corrected chi connectivity index (χ0v) is 21.8. The van der Waals surface area contributed by atoms with E-state index in [9.17, 15) is 0 Å². The number of hydrogen-bond donors (Lipinski definition) is 2. The van der Waals surface area contributed by atoms with Gasteiger partial charge in [0.25, 0.3) is 0 Å². The Morgan fingerprint density at radius 3 is 2.00 bits per heavy atom.